The normalized spacial score (nSPS) is 17.8. The van der Waals surface area contributed by atoms with Crippen LogP contribution in [-0.4, -0.2) is 38.6 Å². The molecule has 1 aliphatic carbocycles. The molecule has 0 spiro atoms. The van der Waals surface area contributed by atoms with Crippen molar-refractivity contribution in [2.75, 3.05) is 16.8 Å². The second-order valence-corrected chi connectivity index (χ2v) is 8.00. The van der Waals surface area contributed by atoms with Crippen LogP contribution >= 0.6 is 0 Å². The van der Waals surface area contributed by atoms with E-state index in [-0.39, 0.29) is 30.5 Å². The second-order valence-electron chi connectivity index (χ2n) is 8.00. The average Bonchev–Trinajstić information content (AvgIpc) is 3.48. The van der Waals surface area contributed by atoms with Crippen molar-refractivity contribution in [1.29, 1.82) is 0 Å². The number of nitrogens with one attached hydrogen (secondary N) is 1. The Morgan fingerprint density at radius 1 is 1.13 bits per heavy atom. The van der Waals surface area contributed by atoms with Crippen molar-refractivity contribution < 1.29 is 14.0 Å². The zero-order valence-electron chi connectivity index (χ0n) is 17.0. The van der Waals surface area contributed by atoms with Gasteiger partial charge in [-0.15, -0.1) is 5.10 Å². The standard InChI is InChI=1S/C22H21FN6O2/c1-13-25-26-27-29(13)18-7-8-19(23)20(11-18)24-22(31)16-10-21(30)28(12-16)17-6-5-14-3-2-4-15(14)9-17/h5-9,11,16H,2-4,10,12H2,1H3,(H,24,31). The molecule has 3 aromatic rings. The fourth-order valence-corrected chi connectivity index (χ4v) is 4.30. The predicted octanol–water partition coefficient (Wildman–Crippen LogP) is 2.59. The first-order valence-electron chi connectivity index (χ1n) is 10.3. The SMILES string of the molecule is Cc1nnnn1-c1ccc(F)c(NC(=O)C2CC(=O)N(c3ccc4c(c3)CCC4)C2)c1. The number of rotatable bonds is 4. The van der Waals surface area contributed by atoms with E-state index in [9.17, 15) is 14.0 Å². The Morgan fingerprint density at radius 2 is 1.94 bits per heavy atom. The molecule has 0 saturated carbocycles. The summed E-state index contributed by atoms with van der Waals surface area (Å²) in [5.74, 6) is -1.07. The summed E-state index contributed by atoms with van der Waals surface area (Å²) in [5.41, 5.74) is 3.98. The van der Waals surface area contributed by atoms with Gasteiger partial charge < -0.3 is 10.2 Å². The number of carbonyl (C=O) groups excluding carboxylic acids is 2. The molecule has 2 amide bonds. The van der Waals surface area contributed by atoms with Crippen molar-refractivity contribution in [3.05, 3.63) is 59.2 Å². The first-order valence-corrected chi connectivity index (χ1v) is 10.3. The molecule has 5 rings (SSSR count). The molecule has 8 nitrogen and oxygen atoms in total. The second kappa shape index (κ2) is 7.57. The molecular weight excluding hydrogens is 399 g/mol. The molecule has 2 heterocycles. The van der Waals surface area contributed by atoms with Gasteiger partial charge in [0.15, 0.2) is 5.82 Å². The Balaban J connectivity index is 1.32. The highest BCUT2D eigenvalue weighted by Gasteiger charge is 2.35. The largest absolute Gasteiger partial charge is 0.323 e. The number of benzene rings is 2. The van der Waals surface area contributed by atoms with Crippen molar-refractivity contribution in [3.8, 4) is 5.69 Å². The van der Waals surface area contributed by atoms with Crippen molar-refractivity contribution in [2.45, 2.75) is 32.6 Å². The summed E-state index contributed by atoms with van der Waals surface area (Å²) in [6.45, 7) is 2.00. The van der Waals surface area contributed by atoms with E-state index in [0.717, 1.165) is 24.9 Å². The molecule has 0 radical (unpaired) electrons. The molecule has 1 saturated heterocycles. The summed E-state index contributed by atoms with van der Waals surface area (Å²) < 4.78 is 15.8. The highest BCUT2D eigenvalue weighted by Crippen LogP contribution is 2.31. The first-order chi connectivity index (χ1) is 15.0. The van der Waals surface area contributed by atoms with Crippen LogP contribution in [0.1, 0.15) is 29.8 Å². The van der Waals surface area contributed by atoms with Gasteiger partial charge in [0.1, 0.15) is 5.82 Å². The number of amides is 2. The molecule has 9 heteroatoms. The van der Waals surface area contributed by atoms with Crippen LogP contribution < -0.4 is 10.2 Å². The summed E-state index contributed by atoms with van der Waals surface area (Å²) in [7, 11) is 0. The third-order valence-corrected chi connectivity index (χ3v) is 5.97. The van der Waals surface area contributed by atoms with E-state index in [0.29, 0.717) is 11.5 Å². The minimum atomic E-state index is -0.567. The number of tetrazole rings is 1. The summed E-state index contributed by atoms with van der Waals surface area (Å²) >= 11 is 0. The Bertz CT molecular complexity index is 1190. The molecule has 2 aliphatic rings. The molecule has 31 heavy (non-hydrogen) atoms. The fraction of sp³-hybridized carbons (Fsp3) is 0.318. The maximum absolute atomic E-state index is 14.4. The topological polar surface area (TPSA) is 93.0 Å². The molecule has 0 bridgehead atoms. The fourth-order valence-electron chi connectivity index (χ4n) is 4.30. The molecular formula is C22H21FN6O2. The Kier molecular flexibility index (Phi) is 4.72. The van der Waals surface area contributed by atoms with Crippen LogP contribution in [0.4, 0.5) is 15.8 Å². The lowest BCUT2D eigenvalue weighted by molar-refractivity contribution is -0.122. The molecule has 1 atom stereocenters. The number of fused-ring (bicyclic) bond motifs is 1. The molecule has 1 aliphatic heterocycles. The summed E-state index contributed by atoms with van der Waals surface area (Å²) in [5, 5.41) is 13.9. The zero-order chi connectivity index (χ0) is 21.5. The lowest BCUT2D eigenvalue weighted by Gasteiger charge is -2.18. The number of anilines is 2. The van der Waals surface area contributed by atoms with Gasteiger partial charge in [-0.05, 0) is 78.1 Å². The number of hydrogen-bond donors (Lipinski definition) is 1. The monoisotopic (exact) mass is 420 g/mol. The van der Waals surface area contributed by atoms with Gasteiger partial charge in [-0.1, -0.05) is 6.07 Å². The van der Waals surface area contributed by atoms with E-state index in [4.69, 9.17) is 0 Å². The lowest BCUT2D eigenvalue weighted by atomic mass is 10.1. The lowest BCUT2D eigenvalue weighted by Crippen LogP contribution is -2.28. The maximum Gasteiger partial charge on any atom is 0.229 e. The van der Waals surface area contributed by atoms with Crippen molar-refractivity contribution >= 4 is 23.2 Å². The van der Waals surface area contributed by atoms with Gasteiger partial charge in [0, 0.05) is 18.7 Å². The quantitative estimate of drug-likeness (QED) is 0.700. The van der Waals surface area contributed by atoms with Crippen LogP contribution in [0.5, 0.6) is 0 Å². The van der Waals surface area contributed by atoms with Crippen LogP contribution in [0.3, 0.4) is 0 Å². The van der Waals surface area contributed by atoms with Gasteiger partial charge in [0.05, 0.1) is 17.3 Å². The van der Waals surface area contributed by atoms with Crippen LogP contribution in [-0.2, 0) is 22.4 Å². The van der Waals surface area contributed by atoms with E-state index in [1.807, 2.05) is 6.07 Å². The number of halogens is 1. The molecule has 1 fully saturated rings. The van der Waals surface area contributed by atoms with E-state index < -0.39 is 11.7 Å². The summed E-state index contributed by atoms with van der Waals surface area (Å²) in [4.78, 5) is 27.1. The molecule has 1 unspecified atom stereocenters. The van der Waals surface area contributed by atoms with Gasteiger partial charge in [-0.2, -0.15) is 4.68 Å². The smallest absolute Gasteiger partial charge is 0.229 e. The van der Waals surface area contributed by atoms with Crippen LogP contribution in [0, 0.1) is 18.7 Å². The summed E-state index contributed by atoms with van der Waals surface area (Å²) in [6.07, 6.45) is 3.32. The number of carbonyl (C=O) groups is 2. The van der Waals surface area contributed by atoms with E-state index in [1.54, 1.807) is 11.8 Å². The van der Waals surface area contributed by atoms with Crippen molar-refractivity contribution in [2.24, 2.45) is 5.92 Å². The van der Waals surface area contributed by atoms with Gasteiger partial charge in [-0.3, -0.25) is 9.59 Å². The Labute approximate surface area is 178 Å². The van der Waals surface area contributed by atoms with Gasteiger partial charge in [0.25, 0.3) is 0 Å². The Hall–Kier alpha value is -3.62. The number of aryl methyl sites for hydroxylation is 3. The minimum absolute atomic E-state index is 0.0285. The minimum Gasteiger partial charge on any atom is -0.323 e. The first kappa shape index (κ1) is 19.3. The van der Waals surface area contributed by atoms with Gasteiger partial charge in [-0.25, -0.2) is 4.39 Å². The predicted molar refractivity (Wildman–Crippen MR) is 111 cm³/mol. The van der Waals surface area contributed by atoms with Crippen LogP contribution in [0.25, 0.3) is 5.69 Å². The van der Waals surface area contributed by atoms with Crippen LogP contribution in [0.15, 0.2) is 36.4 Å². The van der Waals surface area contributed by atoms with E-state index >= 15 is 0 Å². The summed E-state index contributed by atoms with van der Waals surface area (Å²) in [6, 6.07) is 10.3. The zero-order valence-corrected chi connectivity index (χ0v) is 17.0. The van der Waals surface area contributed by atoms with E-state index in [1.165, 1.54) is 34.0 Å². The molecule has 158 valence electrons. The Morgan fingerprint density at radius 3 is 2.74 bits per heavy atom. The van der Waals surface area contributed by atoms with Gasteiger partial charge >= 0.3 is 0 Å². The van der Waals surface area contributed by atoms with Crippen molar-refractivity contribution in [3.63, 3.8) is 0 Å². The highest BCUT2D eigenvalue weighted by atomic mass is 19.1. The van der Waals surface area contributed by atoms with Crippen LogP contribution in [0.2, 0.25) is 0 Å². The van der Waals surface area contributed by atoms with Crippen molar-refractivity contribution in [1.82, 2.24) is 20.2 Å². The average molecular weight is 420 g/mol. The maximum atomic E-state index is 14.4. The number of nitrogens with zero attached hydrogens (tertiary/aromatic N) is 5. The molecule has 2 aromatic carbocycles. The number of aromatic nitrogens is 4. The third-order valence-electron chi connectivity index (χ3n) is 5.97. The van der Waals surface area contributed by atoms with E-state index in [2.05, 4.69) is 33.0 Å². The highest BCUT2D eigenvalue weighted by molar-refractivity contribution is 6.03. The third kappa shape index (κ3) is 3.56. The van der Waals surface area contributed by atoms with Gasteiger partial charge in [0.2, 0.25) is 11.8 Å². The molecule has 1 aromatic heterocycles. The molecule has 1 N–H and O–H groups in total. The number of hydrogen-bond acceptors (Lipinski definition) is 5.